The summed E-state index contributed by atoms with van der Waals surface area (Å²) in [5.74, 6) is -0.0808. The number of fused-ring (bicyclic) bond motifs is 1. The van der Waals surface area contributed by atoms with Gasteiger partial charge in [0.05, 0.1) is 42.5 Å². The van der Waals surface area contributed by atoms with E-state index in [0.29, 0.717) is 55.0 Å². The minimum absolute atomic E-state index is 0.0529. The number of morpholine rings is 1. The lowest BCUT2D eigenvalue weighted by Crippen LogP contribution is -2.37. The summed E-state index contributed by atoms with van der Waals surface area (Å²) in [6, 6.07) is 10.4. The van der Waals surface area contributed by atoms with Gasteiger partial charge in [0.1, 0.15) is 17.1 Å². The van der Waals surface area contributed by atoms with Gasteiger partial charge in [0, 0.05) is 30.1 Å². The van der Waals surface area contributed by atoms with E-state index >= 15 is 0 Å². The molecule has 196 valence electrons. The molecule has 1 aliphatic heterocycles. The van der Waals surface area contributed by atoms with Crippen LogP contribution < -0.4 is 10.2 Å². The summed E-state index contributed by atoms with van der Waals surface area (Å²) in [6.45, 7) is 7.82. The number of ether oxygens (including phenoxy) is 2. The van der Waals surface area contributed by atoms with Gasteiger partial charge >= 0.3 is 12.1 Å². The Morgan fingerprint density at radius 2 is 1.84 bits per heavy atom. The molecule has 0 spiro atoms. The third-order valence-corrected chi connectivity index (χ3v) is 5.70. The van der Waals surface area contributed by atoms with Gasteiger partial charge < -0.3 is 24.8 Å². The Morgan fingerprint density at radius 3 is 2.53 bits per heavy atom. The fourth-order valence-corrected chi connectivity index (χ4v) is 3.92. The molecule has 1 fully saturated rings. The van der Waals surface area contributed by atoms with Gasteiger partial charge in [-0.3, -0.25) is 0 Å². The molecule has 38 heavy (non-hydrogen) atoms. The predicted molar refractivity (Wildman–Crippen MR) is 140 cm³/mol. The molecule has 3 aromatic heterocycles. The van der Waals surface area contributed by atoms with Gasteiger partial charge in [0.25, 0.3) is 0 Å². The van der Waals surface area contributed by atoms with Crippen molar-refractivity contribution in [1.82, 2.24) is 24.7 Å². The van der Waals surface area contributed by atoms with Crippen molar-refractivity contribution >= 4 is 40.4 Å². The molecule has 12 heteroatoms. The molecule has 2 N–H and O–H groups in total. The molecule has 4 aromatic rings. The van der Waals surface area contributed by atoms with Gasteiger partial charge in [0.2, 0.25) is 5.95 Å². The van der Waals surface area contributed by atoms with Crippen molar-refractivity contribution in [3.05, 3.63) is 54.5 Å². The first-order valence-corrected chi connectivity index (χ1v) is 12.1. The second-order valence-corrected chi connectivity index (χ2v) is 9.71. The molecule has 0 amide bonds. The van der Waals surface area contributed by atoms with Gasteiger partial charge in [-0.1, -0.05) is 12.1 Å². The van der Waals surface area contributed by atoms with Gasteiger partial charge in [-0.15, -0.1) is 0 Å². The molecule has 0 saturated carbocycles. The maximum atomic E-state index is 12.7. The topological polar surface area (TPSA) is 145 Å². The van der Waals surface area contributed by atoms with Gasteiger partial charge in [0.15, 0.2) is 0 Å². The lowest BCUT2D eigenvalue weighted by molar-refractivity contribution is 0.0522. The van der Waals surface area contributed by atoms with Crippen LogP contribution in [0.1, 0.15) is 31.3 Å². The third kappa shape index (κ3) is 5.54. The van der Waals surface area contributed by atoms with Crippen LogP contribution in [-0.2, 0) is 9.47 Å². The van der Waals surface area contributed by atoms with Crippen LogP contribution in [0.3, 0.4) is 0 Å². The second kappa shape index (κ2) is 10.1. The number of nitrogens with one attached hydrogen (secondary N) is 1. The predicted octanol–water partition coefficient (Wildman–Crippen LogP) is 3.95. The Morgan fingerprint density at radius 1 is 1.05 bits per heavy atom. The number of carbonyl (C=O) groups is 2. The third-order valence-electron chi connectivity index (χ3n) is 5.70. The van der Waals surface area contributed by atoms with Crippen molar-refractivity contribution in [2.24, 2.45) is 0 Å². The lowest BCUT2D eigenvalue weighted by atomic mass is 10.1. The van der Waals surface area contributed by atoms with E-state index in [-0.39, 0.29) is 5.69 Å². The van der Waals surface area contributed by atoms with Crippen LogP contribution in [0, 0.1) is 0 Å². The summed E-state index contributed by atoms with van der Waals surface area (Å²) >= 11 is 0. The van der Waals surface area contributed by atoms with E-state index in [0.717, 1.165) is 10.9 Å². The standard InChI is InChI=1S/C26H27N7O5/c1-26(2,3)38-25(36)33-21-12-16(4-5-17(21)14-28-33)20-13-22(29-18-6-7-19(23(34)35)27-15-18)31-24(30-20)32-8-10-37-11-9-32/h4-7,12-15H,8-11H2,1-3H3,(H,34,35)(H,29,30,31). The zero-order valence-electron chi connectivity index (χ0n) is 21.2. The molecule has 1 aliphatic rings. The number of hydrogen-bond donors (Lipinski definition) is 2. The molecule has 0 radical (unpaired) electrons. The van der Waals surface area contributed by atoms with Crippen LogP contribution in [0.15, 0.2) is 48.8 Å². The number of hydrogen-bond acceptors (Lipinski definition) is 10. The molecule has 0 aliphatic carbocycles. The van der Waals surface area contributed by atoms with Crippen molar-refractivity contribution in [2.45, 2.75) is 26.4 Å². The first-order valence-electron chi connectivity index (χ1n) is 12.1. The Balaban J connectivity index is 1.53. The number of carboxylic acids is 1. The maximum absolute atomic E-state index is 12.7. The second-order valence-electron chi connectivity index (χ2n) is 9.71. The van der Waals surface area contributed by atoms with E-state index in [1.54, 1.807) is 39.1 Å². The van der Waals surface area contributed by atoms with E-state index < -0.39 is 17.7 Å². The molecule has 0 bridgehead atoms. The zero-order chi connectivity index (χ0) is 26.9. The number of anilines is 3. The molecule has 0 unspecified atom stereocenters. The summed E-state index contributed by atoms with van der Waals surface area (Å²) in [5.41, 5.74) is 1.82. The molecule has 1 aromatic carbocycles. The summed E-state index contributed by atoms with van der Waals surface area (Å²) < 4.78 is 12.2. The van der Waals surface area contributed by atoms with Crippen molar-refractivity contribution in [2.75, 3.05) is 36.5 Å². The average molecular weight is 518 g/mol. The SMILES string of the molecule is CC(C)(C)OC(=O)n1ncc2ccc(-c3cc(Nc4ccc(C(=O)O)nc4)nc(N4CCOCC4)n3)cc21. The van der Waals surface area contributed by atoms with E-state index in [2.05, 4.69) is 20.4 Å². The average Bonchev–Trinajstić information content (AvgIpc) is 3.32. The van der Waals surface area contributed by atoms with Crippen LogP contribution in [0.25, 0.3) is 22.2 Å². The van der Waals surface area contributed by atoms with Gasteiger partial charge in [-0.05, 0) is 39.0 Å². The number of aromatic carboxylic acids is 1. The van der Waals surface area contributed by atoms with E-state index in [4.69, 9.17) is 19.6 Å². The number of benzene rings is 1. The Kier molecular flexibility index (Phi) is 6.64. The Bertz CT molecular complexity index is 1490. The minimum Gasteiger partial charge on any atom is -0.477 e. The largest absolute Gasteiger partial charge is 0.477 e. The summed E-state index contributed by atoms with van der Waals surface area (Å²) in [7, 11) is 0. The van der Waals surface area contributed by atoms with Crippen molar-refractivity contribution < 1.29 is 24.2 Å². The number of rotatable bonds is 5. The summed E-state index contributed by atoms with van der Waals surface area (Å²) in [4.78, 5) is 39.4. The van der Waals surface area contributed by atoms with Crippen LogP contribution >= 0.6 is 0 Å². The molecule has 5 rings (SSSR count). The van der Waals surface area contributed by atoms with Crippen LogP contribution in [-0.4, -0.2) is 73.8 Å². The van der Waals surface area contributed by atoms with Crippen molar-refractivity contribution in [1.29, 1.82) is 0 Å². The molecule has 4 heterocycles. The molecular weight excluding hydrogens is 490 g/mol. The van der Waals surface area contributed by atoms with Crippen molar-refractivity contribution in [3.8, 4) is 11.3 Å². The van der Waals surface area contributed by atoms with Crippen molar-refractivity contribution in [3.63, 3.8) is 0 Å². The monoisotopic (exact) mass is 517 g/mol. The van der Waals surface area contributed by atoms with Gasteiger partial charge in [-0.25, -0.2) is 19.6 Å². The first-order chi connectivity index (χ1) is 18.2. The van der Waals surface area contributed by atoms with Crippen LogP contribution in [0.2, 0.25) is 0 Å². The van der Waals surface area contributed by atoms with Crippen LogP contribution in [0.5, 0.6) is 0 Å². The highest BCUT2D eigenvalue weighted by atomic mass is 16.6. The number of carbonyl (C=O) groups excluding carboxylic acids is 1. The van der Waals surface area contributed by atoms with Gasteiger partial charge in [-0.2, -0.15) is 14.8 Å². The number of nitrogens with zero attached hydrogens (tertiary/aromatic N) is 6. The smallest absolute Gasteiger partial charge is 0.435 e. The van der Waals surface area contributed by atoms with E-state index in [9.17, 15) is 9.59 Å². The summed E-state index contributed by atoms with van der Waals surface area (Å²) in [5, 5.41) is 17.3. The fraction of sp³-hybridized carbons (Fsp3) is 0.308. The molecule has 0 atom stereocenters. The van der Waals surface area contributed by atoms with Crippen LogP contribution in [0.4, 0.5) is 22.2 Å². The lowest BCUT2D eigenvalue weighted by Gasteiger charge is -2.27. The number of aromatic nitrogens is 5. The highest BCUT2D eigenvalue weighted by Gasteiger charge is 2.21. The number of pyridine rings is 1. The molecule has 1 saturated heterocycles. The van der Waals surface area contributed by atoms with E-state index in [1.165, 1.54) is 16.9 Å². The minimum atomic E-state index is -1.10. The Hall–Kier alpha value is -4.58. The normalized spacial score (nSPS) is 13.9. The highest BCUT2D eigenvalue weighted by Crippen LogP contribution is 2.28. The highest BCUT2D eigenvalue weighted by molar-refractivity contribution is 5.90. The zero-order valence-corrected chi connectivity index (χ0v) is 21.2. The summed E-state index contributed by atoms with van der Waals surface area (Å²) in [6.07, 6.45) is 2.48. The maximum Gasteiger partial charge on any atom is 0.435 e. The fourth-order valence-electron chi connectivity index (χ4n) is 3.92. The molecule has 12 nitrogen and oxygen atoms in total. The Labute approximate surface area is 218 Å². The first kappa shape index (κ1) is 25.1. The van der Waals surface area contributed by atoms with E-state index in [1.807, 2.05) is 23.1 Å². The molecular formula is C26H27N7O5. The number of carboxylic acid groups (broad SMARTS) is 1. The quantitative estimate of drug-likeness (QED) is 0.397.